The maximum absolute atomic E-state index is 5.82. The summed E-state index contributed by atoms with van der Waals surface area (Å²) in [5.41, 5.74) is 6.79. The SMILES string of the molecule is NCC(Sc1nnnn1C1CC1)c1ccccn1. The zero-order chi connectivity index (χ0) is 12.4. The molecule has 18 heavy (non-hydrogen) atoms. The summed E-state index contributed by atoms with van der Waals surface area (Å²) in [6.45, 7) is 0.513. The first kappa shape index (κ1) is 11.6. The summed E-state index contributed by atoms with van der Waals surface area (Å²) in [5, 5.41) is 12.8. The second kappa shape index (κ2) is 5.03. The van der Waals surface area contributed by atoms with E-state index < -0.39 is 0 Å². The molecule has 1 aliphatic rings. The van der Waals surface area contributed by atoms with Crippen LogP contribution in [0, 0.1) is 0 Å². The van der Waals surface area contributed by atoms with Gasteiger partial charge >= 0.3 is 0 Å². The Labute approximate surface area is 109 Å². The van der Waals surface area contributed by atoms with Crippen molar-refractivity contribution >= 4 is 11.8 Å². The summed E-state index contributed by atoms with van der Waals surface area (Å²) in [4.78, 5) is 4.34. The minimum absolute atomic E-state index is 0.0923. The van der Waals surface area contributed by atoms with Gasteiger partial charge in [-0.3, -0.25) is 4.98 Å². The molecule has 1 atom stereocenters. The molecule has 1 unspecified atom stereocenters. The molecule has 6 nitrogen and oxygen atoms in total. The number of hydrogen-bond donors (Lipinski definition) is 1. The average Bonchev–Trinajstić information content (AvgIpc) is 3.17. The number of nitrogens with two attached hydrogens (primary N) is 1. The van der Waals surface area contributed by atoms with Gasteiger partial charge in [-0.25, -0.2) is 4.68 Å². The molecule has 2 heterocycles. The molecule has 7 heteroatoms. The highest BCUT2D eigenvalue weighted by Gasteiger charge is 2.29. The van der Waals surface area contributed by atoms with E-state index in [1.54, 1.807) is 18.0 Å². The lowest BCUT2D eigenvalue weighted by Crippen LogP contribution is -2.12. The van der Waals surface area contributed by atoms with Crippen molar-refractivity contribution in [2.75, 3.05) is 6.54 Å². The van der Waals surface area contributed by atoms with Crippen molar-refractivity contribution < 1.29 is 0 Å². The lowest BCUT2D eigenvalue weighted by atomic mass is 10.3. The molecule has 2 aromatic heterocycles. The fourth-order valence-corrected chi connectivity index (χ4v) is 2.72. The monoisotopic (exact) mass is 262 g/mol. The summed E-state index contributed by atoms with van der Waals surface area (Å²) < 4.78 is 1.90. The molecule has 0 saturated heterocycles. The van der Waals surface area contributed by atoms with Crippen LogP contribution in [0.3, 0.4) is 0 Å². The van der Waals surface area contributed by atoms with Crippen LogP contribution in [-0.4, -0.2) is 31.7 Å². The summed E-state index contributed by atoms with van der Waals surface area (Å²) >= 11 is 1.58. The molecule has 3 rings (SSSR count). The molecule has 2 N–H and O–H groups in total. The Morgan fingerprint density at radius 1 is 1.44 bits per heavy atom. The Bertz CT molecular complexity index is 509. The Kier molecular flexibility index (Phi) is 3.24. The van der Waals surface area contributed by atoms with Crippen molar-refractivity contribution in [3.63, 3.8) is 0 Å². The van der Waals surface area contributed by atoms with Crippen LogP contribution < -0.4 is 5.73 Å². The van der Waals surface area contributed by atoms with E-state index in [0.29, 0.717) is 12.6 Å². The number of aromatic nitrogens is 5. The van der Waals surface area contributed by atoms with E-state index in [0.717, 1.165) is 23.7 Å². The van der Waals surface area contributed by atoms with Crippen molar-refractivity contribution in [2.45, 2.75) is 29.3 Å². The highest BCUT2D eigenvalue weighted by molar-refractivity contribution is 7.99. The molecule has 1 fully saturated rings. The number of pyridine rings is 1. The first-order chi connectivity index (χ1) is 8.88. The molecule has 1 saturated carbocycles. The van der Waals surface area contributed by atoms with Crippen molar-refractivity contribution in [1.82, 2.24) is 25.2 Å². The molecule has 0 aliphatic heterocycles. The first-order valence-electron chi connectivity index (χ1n) is 5.94. The minimum Gasteiger partial charge on any atom is -0.329 e. The molecule has 0 aromatic carbocycles. The molecule has 0 amide bonds. The molecule has 0 bridgehead atoms. The van der Waals surface area contributed by atoms with E-state index in [4.69, 9.17) is 5.73 Å². The molecule has 0 spiro atoms. The van der Waals surface area contributed by atoms with Crippen molar-refractivity contribution in [1.29, 1.82) is 0 Å². The quantitative estimate of drug-likeness (QED) is 0.815. The molecule has 2 aromatic rings. The summed E-state index contributed by atoms with van der Waals surface area (Å²) in [6, 6.07) is 6.32. The third kappa shape index (κ3) is 2.37. The predicted molar refractivity (Wildman–Crippen MR) is 68.0 cm³/mol. The van der Waals surface area contributed by atoms with Crippen LogP contribution in [0.4, 0.5) is 0 Å². The van der Waals surface area contributed by atoms with E-state index in [1.165, 1.54) is 0 Å². The number of tetrazole rings is 1. The standard InChI is InChI=1S/C11H14N6S/c12-7-10(9-3-1-2-6-13-9)18-11-14-15-16-17(11)8-4-5-8/h1-3,6,8,10H,4-5,7,12H2. The number of thioether (sulfide) groups is 1. The fourth-order valence-electron chi connectivity index (χ4n) is 1.73. The lowest BCUT2D eigenvalue weighted by molar-refractivity contribution is 0.564. The molecular weight excluding hydrogens is 248 g/mol. The maximum Gasteiger partial charge on any atom is 0.210 e. The first-order valence-corrected chi connectivity index (χ1v) is 6.82. The van der Waals surface area contributed by atoms with Crippen molar-refractivity contribution in [3.8, 4) is 0 Å². The highest BCUT2D eigenvalue weighted by Crippen LogP contribution is 2.39. The van der Waals surface area contributed by atoms with Crippen LogP contribution in [0.2, 0.25) is 0 Å². The lowest BCUT2D eigenvalue weighted by Gasteiger charge is -2.12. The largest absolute Gasteiger partial charge is 0.329 e. The van der Waals surface area contributed by atoms with Crippen LogP contribution in [0.5, 0.6) is 0 Å². The second-order valence-corrected chi connectivity index (χ2v) is 5.40. The van der Waals surface area contributed by atoms with Crippen LogP contribution >= 0.6 is 11.8 Å². The van der Waals surface area contributed by atoms with Gasteiger partial charge in [0.05, 0.1) is 17.0 Å². The van der Waals surface area contributed by atoms with E-state index in [-0.39, 0.29) is 5.25 Å². The molecule has 1 aliphatic carbocycles. The Balaban J connectivity index is 1.79. The van der Waals surface area contributed by atoms with Gasteiger partial charge in [-0.15, -0.1) is 5.10 Å². The zero-order valence-corrected chi connectivity index (χ0v) is 10.6. The van der Waals surface area contributed by atoms with Gasteiger partial charge in [-0.1, -0.05) is 17.8 Å². The van der Waals surface area contributed by atoms with E-state index >= 15 is 0 Å². The normalized spacial score (nSPS) is 16.7. The fraction of sp³-hybridized carbons (Fsp3) is 0.455. The maximum atomic E-state index is 5.82. The van der Waals surface area contributed by atoms with Gasteiger partial charge in [0.15, 0.2) is 0 Å². The van der Waals surface area contributed by atoms with Crippen LogP contribution in [0.25, 0.3) is 0 Å². The van der Waals surface area contributed by atoms with E-state index in [1.807, 2.05) is 22.9 Å². The highest BCUT2D eigenvalue weighted by atomic mass is 32.2. The minimum atomic E-state index is 0.0923. The Hall–Kier alpha value is -1.47. The van der Waals surface area contributed by atoms with Gasteiger partial charge in [0.1, 0.15) is 0 Å². The van der Waals surface area contributed by atoms with Crippen molar-refractivity contribution in [3.05, 3.63) is 30.1 Å². The third-order valence-electron chi connectivity index (χ3n) is 2.83. The number of nitrogens with zero attached hydrogens (tertiary/aromatic N) is 5. The van der Waals surface area contributed by atoms with Crippen LogP contribution in [-0.2, 0) is 0 Å². The summed E-state index contributed by atoms with van der Waals surface area (Å²) in [5.74, 6) is 0. The molecule has 94 valence electrons. The van der Waals surface area contributed by atoms with Gasteiger partial charge in [0.2, 0.25) is 5.16 Å². The molecular formula is C11H14N6S. The van der Waals surface area contributed by atoms with Gasteiger partial charge in [0, 0.05) is 12.7 Å². The smallest absolute Gasteiger partial charge is 0.210 e. The van der Waals surface area contributed by atoms with E-state index in [9.17, 15) is 0 Å². The zero-order valence-electron chi connectivity index (χ0n) is 9.81. The molecule has 0 radical (unpaired) electrons. The number of hydrogen-bond acceptors (Lipinski definition) is 6. The van der Waals surface area contributed by atoms with Gasteiger partial charge in [0.25, 0.3) is 0 Å². The summed E-state index contributed by atoms with van der Waals surface area (Å²) in [6.07, 6.45) is 4.10. The van der Waals surface area contributed by atoms with Crippen LogP contribution in [0.1, 0.15) is 29.8 Å². The summed E-state index contributed by atoms with van der Waals surface area (Å²) in [7, 11) is 0. The van der Waals surface area contributed by atoms with Gasteiger partial charge < -0.3 is 5.73 Å². The Morgan fingerprint density at radius 2 is 2.33 bits per heavy atom. The van der Waals surface area contributed by atoms with E-state index in [2.05, 4.69) is 20.5 Å². The van der Waals surface area contributed by atoms with Crippen molar-refractivity contribution in [2.24, 2.45) is 5.73 Å². The van der Waals surface area contributed by atoms with Gasteiger partial charge in [-0.2, -0.15) is 0 Å². The Morgan fingerprint density at radius 3 is 3.00 bits per heavy atom. The van der Waals surface area contributed by atoms with Crippen LogP contribution in [0.15, 0.2) is 29.6 Å². The average molecular weight is 262 g/mol. The second-order valence-electron chi connectivity index (χ2n) is 4.23. The topological polar surface area (TPSA) is 82.5 Å². The predicted octanol–water partition coefficient (Wildman–Crippen LogP) is 1.20. The number of rotatable bonds is 5. The van der Waals surface area contributed by atoms with Gasteiger partial charge in [-0.05, 0) is 35.4 Å². The third-order valence-corrected chi connectivity index (χ3v) is 4.03.